The van der Waals surface area contributed by atoms with Gasteiger partial charge in [0.2, 0.25) is 0 Å². The summed E-state index contributed by atoms with van der Waals surface area (Å²) in [6, 6.07) is 0. The lowest BCUT2D eigenvalue weighted by Crippen LogP contribution is -2.46. The maximum atomic E-state index is 10.8. The number of rotatable bonds is 11. The SMILES string of the molecule is C=N/C(NCCOS(C)(=O)=O)=C(/CN)CNC(C#CC)NN. The zero-order chi connectivity index (χ0) is 17.0. The molecule has 0 heterocycles. The van der Waals surface area contributed by atoms with Crippen molar-refractivity contribution in [1.29, 1.82) is 0 Å². The smallest absolute Gasteiger partial charge is 0.264 e. The van der Waals surface area contributed by atoms with Gasteiger partial charge in [-0.3, -0.25) is 15.3 Å². The van der Waals surface area contributed by atoms with E-state index in [0.29, 0.717) is 12.4 Å². The first kappa shape index (κ1) is 20.5. The molecule has 0 amide bonds. The van der Waals surface area contributed by atoms with E-state index in [1.807, 2.05) is 0 Å². The highest BCUT2D eigenvalue weighted by atomic mass is 32.2. The fourth-order valence-corrected chi connectivity index (χ4v) is 1.82. The van der Waals surface area contributed by atoms with Crippen LogP contribution in [-0.4, -0.2) is 53.8 Å². The van der Waals surface area contributed by atoms with Gasteiger partial charge in [-0.25, -0.2) is 10.4 Å². The Kier molecular flexibility index (Phi) is 10.4. The molecule has 7 N–H and O–H groups in total. The van der Waals surface area contributed by atoms with Gasteiger partial charge in [0.05, 0.1) is 12.9 Å². The Morgan fingerprint density at radius 1 is 1.50 bits per heavy atom. The highest BCUT2D eigenvalue weighted by Gasteiger charge is 2.08. The van der Waals surface area contributed by atoms with Crippen molar-refractivity contribution in [2.24, 2.45) is 16.6 Å². The number of nitrogens with two attached hydrogens (primary N) is 2. The summed E-state index contributed by atoms with van der Waals surface area (Å²) in [6.07, 6.45) is 0.602. The van der Waals surface area contributed by atoms with Crippen molar-refractivity contribution < 1.29 is 12.6 Å². The van der Waals surface area contributed by atoms with E-state index >= 15 is 0 Å². The van der Waals surface area contributed by atoms with Gasteiger partial charge in [-0.1, -0.05) is 5.92 Å². The molecule has 1 atom stereocenters. The van der Waals surface area contributed by atoms with Crippen molar-refractivity contribution in [2.45, 2.75) is 13.1 Å². The van der Waals surface area contributed by atoms with Gasteiger partial charge >= 0.3 is 0 Å². The number of aliphatic imine (C=N–C) groups is 1. The number of hydrazine groups is 1. The molecule has 10 heteroatoms. The van der Waals surface area contributed by atoms with Gasteiger partial charge in [0.25, 0.3) is 10.1 Å². The second-order valence-corrected chi connectivity index (χ2v) is 5.79. The van der Waals surface area contributed by atoms with Crippen molar-refractivity contribution in [2.75, 3.05) is 32.5 Å². The van der Waals surface area contributed by atoms with Crippen LogP contribution in [0.1, 0.15) is 6.92 Å². The molecule has 0 aromatic rings. The first-order valence-electron chi connectivity index (χ1n) is 6.46. The van der Waals surface area contributed by atoms with Crippen LogP contribution in [0, 0.1) is 11.8 Å². The summed E-state index contributed by atoms with van der Waals surface area (Å²) in [6.45, 7) is 6.01. The van der Waals surface area contributed by atoms with Crippen molar-refractivity contribution >= 4 is 16.8 Å². The summed E-state index contributed by atoms with van der Waals surface area (Å²) >= 11 is 0. The second-order valence-electron chi connectivity index (χ2n) is 4.14. The fourth-order valence-electron chi connectivity index (χ4n) is 1.43. The lowest BCUT2D eigenvalue weighted by molar-refractivity contribution is 0.322. The van der Waals surface area contributed by atoms with Crippen LogP contribution in [0.3, 0.4) is 0 Å². The Hall–Kier alpha value is -1.48. The maximum absolute atomic E-state index is 10.8. The van der Waals surface area contributed by atoms with Crippen molar-refractivity contribution in [3.8, 4) is 11.8 Å². The van der Waals surface area contributed by atoms with E-state index in [1.54, 1.807) is 6.92 Å². The number of nitrogens with one attached hydrogen (secondary N) is 3. The van der Waals surface area contributed by atoms with Crippen molar-refractivity contribution in [3.63, 3.8) is 0 Å². The Morgan fingerprint density at radius 3 is 2.64 bits per heavy atom. The van der Waals surface area contributed by atoms with Gasteiger partial charge in [0, 0.05) is 19.6 Å². The Balaban J connectivity index is 4.60. The van der Waals surface area contributed by atoms with E-state index in [9.17, 15) is 8.42 Å². The molecule has 22 heavy (non-hydrogen) atoms. The van der Waals surface area contributed by atoms with Crippen LogP contribution in [-0.2, 0) is 14.3 Å². The third-order valence-corrected chi connectivity index (χ3v) is 3.00. The molecule has 9 nitrogen and oxygen atoms in total. The summed E-state index contributed by atoms with van der Waals surface area (Å²) in [4.78, 5) is 3.85. The monoisotopic (exact) mass is 332 g/mol. The molecule has 0 rings (SSSR count). The summed E-state index contributed by atoms with van der Waals surface area (Å²) in [7, 11) is -3.46. The summed E-state index contributed by atoms with van der Waals surface area (Å²) in [5.74, 6) is 11.4. The van der Waals surface area contributed by atoms with Gasteiger partial charge < -0.3 is 11.1 Å². The number of hydrogen-bond donors (Lipinski definition) is 5. The normalized spacial score (nSPS) is 13.6. The molecule has 0 aliphatic carbocycles. The van der Waals surface area contributed by atoms with Gasteiger partial charge in [-0.2, -0.15) is 8.42 Å². The maximum Gasteiger partial charge on any atom is 0.264 e. The highest BCUT2D eigenvalue weighted by Crippen LogP contribution is 2.00. The minimum Gasteiger partial charge on any atom is -0.368 e. The number of hydrogen-bond acceptors (Lipinski definition) is 9. The molecule has 0 bridgehead atoms. The topological polar surface area (TPSA) is 144 Å². The molecular weight excluding hydrogens is 308 g/mol. The van der Waals surface area contributed by atoms with Gasteiger partial charge in [-0.05, 0) is 19.2 Å². The van der Waals surface area contributed by atoms with E-state index < -0.39 is 10.1 Å². The van der Waals surface area contributed by atoms with Crippen LogP contribution in [0.4, 0.5) is 0 Å². The van der Waals surface area contributed by atoms with E-state index in [1.165, 1.54) is 0 Å². The standard InChI is InChI=1S/C12H24N6O3S/c1-4-5-11(18-14)17-9-10(8-13)12(15-2)16-6-7-21-22(3,19)20/h11,16-18H,2,6-9,13-14H2,1,3H3/b12-10+. The average molecular weight is 332 g/mol. The van der Waals surface area contributed by atoms with Crippen molar-refractivity contribution in [1.82, 2.24) is 16.1 Å². The minimum atomic E-state index is -3.46. The van der Waals surface area contributed by atoms with Crippen LogP contribution in [0.2, 0.25) is 0 Å². The van der Waals surface area contributed by atoms with Gasteiger partial charge in [-0.15, -0.1) is 5.92 Å². The third kappa shape index (κ3) is 9.46. The van der Waals surface area contributed by atoms with Crippen LogP contribution in [0.5, 0.6) is 0 Å². The molecule has 0 saturated carbocycles. The molecule has 126 valence electrons. The zero-order valence-electron chi connectivity index (χ0n) is 12.8. The highest BCUT2D eigenvalue weighted by molar-refractivity contribution is 7.85. The predicted molar refractivity (Wildman–Crippen MR) is 87.0 cm³/mol. The van der Waals surface area contributed by atoms with Crippen LogP contribution in [0.15, 0.2) is 16.4 Å². The minimum absolute atomic E-state index is 0.0164. The van der Waals surface area contributed by atoms with E-state index in [-0.39, 0.29) is 25.9 Å². The Labute approximate surface area is 131 Å². The van der Waals surface area contributed by atoms with Gasteiger partial charge in [0.1, 0.15) is 12.0 Å². The summed E-state index contributed by atoms with van der Waals surface area (Å²) < 4.78 is 26.3. The van der Waals surface area contributed by atoms with E-state index in [2.05, 4.69) is 43.8 Å². The largest absolute Gasteiger partial charge is 0.368 e. The van der Waals surface area contributed by atoms with E-state index in [4.69, 9.17) is 11.6 Å². The fraction of sp³-hybridized carbons (Fsp3) is 0.583. The first-order chi connectivity index (χ1) is 10.4. The van der Waals surface area contributed by atoms with Crippen LogP contribution in [0.25, 0.3) is 0 Å². The Morgan fingerprint density at radius 2 is 2.18 bits per heavy atom. The molecule has 0 fully saturated rings. The lowest BCUT2D eigenvalue weighted by atomic mass is 10.2. The molecule has 0 aliphatic heterocycles. The molecule has 1 unspecified atom stereocenters. The van der Waals surface area contributed by atoms with E-state index in [0.717, 1.165) is 11.8 Å². The summed E-state index contributed by atoms with van der Waals surface area (Å²) in [5.41, 5.74) is 8.93. The average Bonchev–Trinajstić information content (AvgIpc) is 2.47. The molecule has 0 aliphatic rings. The van der Waals surface area contributed by atoms with Crippen molar-refractivity contribution in [3.05, 3.63) is 11.4 Å². The number of nitrogens with zero attached hydrogens (tertiary/aromatic N) is 1. The Bertz CT molecular complexity index is 535. The molecule has 0 aromatic heterocycles. The molecule has 0 saturated heterocycles. The summed E-state index contributed by atoms with van der Waals surface area (Å²) in [5, 5.41) is 5.97. The van der Waals surface area contributed by atoms with Gasteiger partial charge in [0.15, 0.2) is 0 Å². The third-order valence-electron chi connectivity index (χ3n) is 2.41. The molecule has 0 radical (unpaired) electrons. The quantitative estimate of drug-likeness (QED) is 0.0547. The zero-order valence-corrected chi connectivity index (χ0v) is 13.7. The lowest BCUT2D eigenvalue weighted by Gasteiger charge is -2.16. The molecular formula is C12H24N6O3S. The second kappa shape index (κ2) is 11.1. The first-order valence-corrected chi connectivity index (χ1v) is 8.28. The van der Waals surface area contributed by atoms with Crippen LogP contribution < -0.4 is 27.6 Å². The predicted octanol–water partition coefficient (Wildman–Crippen LogP) is -2.17. The molecule has 0 spiro atoms. The van der Waals surface area contributed by atoms with Crippen LogP contribution >= 0.6 is 0 Å². The molecule has 0 aromatic carbocycles.